The first kappa shape index (κ1) is 12.4. The number of amides is 1. The largest absolute Gasteiger partial charge is 0.368 e. The second kappa shape index (κ2) is 5.07. The second-order valence-electron chi connectivity index (χ2n) is 4.71. The van der Waals surface area contributed by atoms with E-state index in [1.807, 2.05) is 18.2 Å². The number of rotatable bonds is 4. The van der Waals surface area contributed by atoms with E-state index in [0.717, 1.165) is 17.9 Å². The van der Waals surface area contributed by atoms with E-state index in [4.69, 9.17) is 17.3 Å². The highest BCUT2D eigenvalue weighted by Gasteiger charge is 2.31. The zero-order chi connectivity index (χ0) is 12.4. The molecule has 1 aromatic carbocycles. The smallest absolute Gasteiger partial charge is 0.234 e. The number of benzene rings is 1. The summed E-state index contributed by atoms with van der Waals surface area (Å²) in [5, 5.41) is 4.00. The van der Waals surface area contributed by atoms with Gasteiger partial charge in [0, 0.05) is 11.1 Å². The van der Waals surface area contributed by atoms with Gasteiger partial charge in [0.25, 0.3) is 0 Å². The molecular weight excluding hydrogens is 236 g/mol. The van der Waals surface area contributed by atoms with Crippen LogP contribution in [-0.4, -0.2) is 18.0 Å². The van der Waals surface area contributed by atoms with E-state index in [1.165, 1.54) is 5.56 Å². The monoisotopic (exact) mass is 252 g/mol. The van der Waals surface area contributed by atoms with Crippen LogP contribution >= 0.6 is 11.6 Å². The van der Waals surface area contributed by atoms with Crippen molar-refractivity contribution in [2.45, 2.75) is 37.8 Å². The molecule has 0 bridgehead atoms. The van der Waals surface area contributed by atoms with Crippen molar-refractivity contribution in [3.63, 3.8) is 0 Å². The van der Waals surface area contributed by atoms with E-state index in [-0.39, 0.29) is 11.9 Å². The van der Waals surface area contributed by atoms with E-state index >= 15 is 0 Å². The summed E-state index contributed by atoms with van der Waals surface area (Å²) < 4.78 is 0. The second-order valence-corrected chi connectivity index (χ2v) is 5.15. The number of halogens is 1. The third-order valence-electron chi connectivity index (χ3n) is 3.37. The number of nitrogens with one attached hydrogen (secondary N) is 1. The quantitative estimate of drug-likeness (QED) is 0.862. The Morgan fingerprint density at radius 3 is 2.82 bits per heavy atom. The van der Waals surface area contributed by atoms with Gasteiger partial charge in [0.1, 0.15) is 0 Å². The van der Waals surface area contributed by atoms with Gasteiger partial charge in [-0.1, -0.05) is 23.7 Å². The Labute approximate surface area is 106 Å². The molecule has 0 saturated heterocycles. The number of carbonyl (C=O) groups excluding carboxylic acids is 1. The fourth-order valence-corrected chi connectivity index (χ4v) is 2.42. The van der Waals surface area contributed by atoms with E-state index in [0.29, 0.717) is 12.0 Å². The maximum Gasteiger partial charge on any atom is 0.234 e. The van der Waals surface area contributed by atoms with Crippen molar-refractivity contribution in [1.82, 2.24) is 5.32 Å². The molecule has 92 valence electrons. The number of primary amides is 1. The van der Waals surface area contributed by atoms with E-state index in [9.17, 15) is 4.79 Å². The van der Waals surface area contributed by atoms with Crippen molar-refractivity contribution in [2.75, 3.05) is 0 Å². The first-order valence-electron chi connectivity index (χ1n) is 5.87. The molecule has 3 N–H and O–H groups in total. The summed E-state index contributed by atoms with van der Waals surface area (Å²) >= 11 is 5.96. The number of hydrogen-bond donors (Lipinski definition) is 2. The van der Waals surface area contributed by atoms with E-state index < -0.39 is 0 Å². The van der Waals surface area contributed by atoms with Crippen LogP contribution in [0.25, 0.3) is 0 Å². The lowest BCUT2D eigenvalue weighted by Crippen LogP contribution is -2.49. The van der Waals surface area contributed by atoms with Crippen LogP contribution < -0.4 is 11.1 Å². The van der Waals surface area contributed by atoms with Gasteiger partial charge in [-0.25, -0.2) is 0 Å². The molecule has 1 saturated carbocycles. The highest BCUT2D eigenvalue weighted by molar-refractivity contribution is 6.30. The van der Waals surface area contributed by atoms with Crippen molar-refractivity contribution in [2.24, 2.45) is 5.73 Å². The molecule has 0 radical (unpaired) electrons. The van der Waals surface area contributed by atoms with Gasteiger partial charge in [0.05, 0.1) is 6.04 Å². The molecule has 1 atom stereocenters. The Hall–Kier alpha value is -1.06. The lowest BCUT2D eigenvalue weighted by atomic mass is 9.75. The standard InChI is InChI=1S/C13H17ClN2O/c1-8(13(15)17)16-12-6-10(7-12)9-3-2-4-11(14)5-9/h2-5,8,10,12,16H,6-7H2,1H3,(H2,15,17). The zero-order valence-electron chi connectivity index (χ0n) is 9.82. The predicted molar refractivity (Wildman–Crippen MR) is 69.0 cm³/mol. The molecule has 1 aliphatic rings. The summed E-state index contributed by atoms with van der Waals surface area (Å²) in [6, 6.07) is 8.12. The molecule has 0 heterocycles. The van der Waals surface area contributed by atoms with E-state index in [1.54, 1.807) is 6.92 Å². The average Bonchev–Trinajstić information content (AvgIpc) is 2.22. The molecule has 1 amide bonds. The van der Waals surface area contributed by atoms with Gasteiger partial charge in [-0.15, -0.1) is 0 Å². The van der Waals surface area contributed by atoms with Crippen LogP contribution in [0.5, 0.6) is 0 Å². The normalized spacial score (nSPS) is 25.1. The molecule has 17 heavy (non-hydrogen) atoms. The van der Waals surface area contributed by atoms with E-state index in [2.05, 4.69) is 11.4 Å². The highest BCUT2D eigenvalue weighted by Crippen LogP contribution is 2.37. The molecule has 0 aliphatic heterocycles. The van der Waals surface area contributed by atoms with Crippen LogP contribution in [0.2, 0.25) is 5.02 Å². The Kier molecular flexibility index (Phi) is 3.69. The molecule has 1 fully saturated rings. The van der Waals surface area contributed by atoms with Gasteiger partial charge < -0.3 is 11.1 Å². The molecule has 0 aromatic heterocycles. The highest BCUT2D eigenvalue weighted by atomic mass is 35.5. The predicted octanol–water partition coefficient (Wildman–Crippen LogP) is 2.05. The van der Waals surface area contributed by atoms with Crippen LogP contribution in [0.3, 0.4) is 0 Å². The molecule has 0 spiro atoms. The number of carbonyl (C=O) groups is 1. The van der Waals surface area contributed by atoms with Crippen molar-refractivity contribution in [3.8, 4) is 0 Å². The van der Waals surface area contributed by atoms with Crippen molar-refractivity contribution in [3.05, 3.63) is 34.9 Å². The van der Waals surface area contributed by atoms with Gasteiger partial charge in [-0.3, -0.25) is 4.79 Å². The van der Waals surface area contributed by atoms with Crippen LogP contribution in [0.15, 0.2) is 24.3 Å². The molecule has 1 aliphatic carbocycles. The van der Waals surface area contributed by atoms with Gasteiger partial charge in [0.2, 0.25) is 5.91 Å². The SMILES string of the molecule is CC(NC1CC(c2cccc(Cl)c2)C1)C(N)=O. The Morgan fingerprint density at radius 1 is 1.53 bits per heavy atom. The summed E-state index contributed by atoms with van der Waals surface area (Å²) in [6.07, 6.45) is 2.08. The minimum Gasteiger partial charge on any atom is -0.368 e. The minimum atomic E-state index is -0.295. The summed E-state index contributed by atoms with van der Waals surface area (Å²) in [4.78, 5) is 10.9. The Bertz CT molecular complexity index is 416. The summed E-state index contributed by atoms with van der Waals surface area (Å²) in [5.74, 6) is 0.252. The summed E-state index contributed by atoms with van der Waals surface area (Å²) in [7, 11) is 0. The molecule has 3 nitrogen and oxygen atoms in total. The fourth-order valence-electron chi connectivity index (χ4n) is 2.22. The zero-order valence-corrected chi connectivity index (χ0v) is 10.6. The van der Waals surface area contributed by atoms with Crippen molar-refractivity contribution in [1.29, 1.82) is 0 Å². The lowest BCUT2D eigenvalue weighted by Gasteiger charge is -2.37. The van der Waals surface area contributed by atoms with Crippen molar-refractivity contribution >= 4 is 17.5 Å². The Balaban J connectivity index is 1.85. The van der Waals surface area contributed by atoms with Crippen LogP contribution in [0.4, 0.5) is 0 Å². The maximum absolute atomic E-state index is 10.9. The topological polar surface area (TPSA) is 55.1 Å². The molecule has 1 aromatic rings. The summed E-state index contributed by atoms with van der Waals surface area (Å²) in [5.41, 5.74) is 6.49. The summed E-state index contributed by atoms with van der Waals surface area (Å²) in [6.45, 7) is 1.80. The third-order valence-corrected chi connectivity index (χ3v) is 3.61. The first-order chi connectivity index (χ1) is 8.06. The van der Waals surface area contributed by atoms with Gasteiger partial charge in [-0.05, 0) is 43.4 Å². The minimum absolute atomic E-state index is 0.250. The fraction of sp³-hybridized carbons (Fsp3) is 0.462. The van der Waals surface area contributed by atoms with Crippen LogP contribution in [-0.2, 0) is 4.79 Å². The average molecular weight is 253 g/mol. The lowest BCUT2D eigenvalue weighted by molar-refractivity contribution is -0.120. The molecule has 1 unspecified atom stereocenters. The molecular formula is C13H17ClN2O. The first-order valence-corrected chi connectivity index (χ1v) is 6.25. The third kappa shape index (κ3) is 2.99. The van der Waals surface area contributed by atoms with Gasteiger partial charge >= 0.3 is 0 Å². The van der Waals surface area contributed by atoms with Gasteiger partial charge in [-0.2, -0.15) is 0 Å². The molecule has 4 heteroatoms. The number of hydrogen-bond acceptors (Lipinski definition) is 2. The number of nitrogens with two attached hydrogens (primary N) is 1. The van der Waals surface area contributed by atoms with Crippen LogP contribution in [0.1, 0.15) is 31.2 Å². The maximum atomic E-state index is 10.9. The molecule has 2 rings (SSSR count). The van der Waals surface area contributed by atoms with Crippen molar-refractivity contribution < 1.29 is 4.79 Å². The van der Waals surface area contributed by atoms with Crippen LogP contribution in [0, 0.1) is 0 Å². The van der Waals surface area contributed by atoms with Gasteiger partial charge in [0.15, 0.2) is 0 Å². The Morgan fingerprint density at radius 2 is 2.24 bits per heavy atom.